The number of aliphatic hydroxyl groups is 1. The molecule has 1 N–H and O–H groups in total. The summed E-state index contributed by atoms with van der Waals surface area (Å²) in [6.07, 6.45) is 2.67. The molecule has 3 heterocycles. The Morgan fingerprint density at radius 1 is 0.962 bits per heavy atom. The van der Waals surface area contributed by atoms with Crippen molar-refractivity contribution in [2.75, 3.05) is 39.3 Å². The second kappa shape index (κ2) is 7.95. The smallest absolute Gasteiger partial charge is 0.134 e. The number of hydrogen-bond acceptors (Lipinski definition) is 4. The summed E-state index contributed by atoms with van der Waals surface area (Å²) in [5.74, 6) is 2.89. The van der Waals surface area contributed by atoms with E-state index >= 15 is 0 Å². The number of nitrogens with zero attached hydrogens (tertiary/aromatic N) is 2. The zero-order valence-electron chi connectivity index (χ0n) is 15.7. The van der Waals surface area contributed by atoms with E-state index in [9.17, 15) is 5.11 Å². The number of aryl methyl sites for hydroxylation is 1. The molecule has 0 aliphatic carbocycles. The van der Waals surface area contributed by atoms with Gasteiger partial charge in [-0.25, -0.2) is 0 Å². The zero-order chi connectivity index (χ0) is 17.9. The number of hydrogen-bond donors (Lipinski definition) is 1. The molecular weight excluding hydrogens is 324 g/mol. The molecule has 0 bridgehead atoms. The minimum Gasteiger partial charge on any atom is -0.461 e. The molecular formula is C22H30N2O2. The van der Waals surface area contributed by atoms with Crippen LogP contribution >= 0.6 is 0 Å². The third kappa shape index (κ3) is 4.03. The van der Waals surface area contributed by atoms with E-state index in [0.29, 0.717) is 18.4 Å². The molecule has 4 rings (SSSR count). The summed E-state index contributed by atoms with van der Waals surface area (Å²) in [4.78, 5) is 5.09. The van der Waals surface area contributed by atoms with Crippen molar-refractivity contribution in [3.63, 3.8) is 0 Å². The molecule has 1 aromatic carbocycles. The molecule has 4 nitrogen and oxygen atoms in total. The first kappa shape index (κ1) is 17.8. The Morgan fingerprint density at radius 3 is 2.35 bits per heavy atom. The van der Waals surface area contributed by atoms with Crippen LogP contribution in [0.5, 0.6) is 0 Å². The molecule has 0 spiro atoms. The molecule has 2 aliphatic rings. The van der Waals surface area contributed by atoms with Crippen molar-refractivity contribution >= 4 is 0 Å². The van der Waals surface area contributed by atoms with E-state index < -0.39 is 0 Å². The SMILES string of the molecule is Cc1ccc(-c2ccc(CN3C[C@@H](CN4CCCC4)[C@@H](CO)C3)cc2)o1. The van der Waals surface area contributed by atoms with Crippen LogP contribution in [0.4, 0.5) is 0 Å². The van der Waals surface area contributed by atoms with Crippen LogP contribution in [0.15, 0.2) is 40.8 Å². The van der Waals surface area contributed by atoms with E-state index in [1.807, 2.05) is 19.1 Å². The monoisotopic (exact) mass is 354 g/mol. The lowest BCUT2D eigenvalue weighted by Gasteiger charge is -2.23. The second-order valence-electron chi connectivity index (χ2n) is 8.01. The lowest BCUT2D eigenvalue weighted by atomic mass is 9.96. The van der Waals surface area contributed by atoms with E-state index in [-0.39, 0.29) is 0 Å². The fourth-order valence-corrected chi connectivity index (χ4v) is 4.50. The van der Waals surface area contributed by atoms with Gasteiger partial charge in [-0.15, -0.1) is 0 Å². The first-order valence-corrected chi connectivity index (χ1v) is 9.92. The van der Waals surface area contributed by atoms with Crippen molar-refractivity contribution in [1.82, 2.24) is 9.80 Å². The summed E-state index contributed by atoms with van der Waals surface area (Å²) < 4.78 is 5.71. The van der Waals surface area contributed by atoms with Gasteiger partial charge in [-0.2, -0.15) is 0 Å². The summed E-state index contributed by atoms with van der Waals surface area (Å²) in [6, 6.07) is 12.7. The highest BCUT2D eigenvalue weighted by atomic mass is 16.3. The van der Waals surface area contributed by atoms with Crippen molar-refractivity contribution in [3.05, 3.63) is 47.7 Å². The van der Waals surface area contributed by atoms with Crippen LogP contribution in [0.2, 0.25) is 0 Å². The van der Waals surface area contributed by atoms with Gasteiger partial charge in [0.1, 0.15) is 11.5 Å². The van der Waals surface area contributed by atoms with Gasteiger partial charge in [-0.1, -0.05) is 24.3 Å². The minimum atomic E-state index is 0.311. The predicted octanol–water partition coefficient (Wildman–Crippen LogP) is 3.39. The van der Waals surface area contributed by atoms with Gasteiger partial charge in [0.15, 0.2) is 0 Å². The summed E-state index contributed by atoms with van der Waals surface area (Å²) >= 11 is 0. The minimum absolute atomic E-state index is 0.311. The van der Waals surface area contributed by atoms with Gasteiger partial charge in [-0.05, 0) is 62.4 Å². The van der Waals surface area contributed by atoms with Crippen molar-refractivity contribution < 1.29 is 9.52 Å². The van der Waals surface area contributed by atoms with E-state index in [2.05, 4.69) is 34.1 Å². The Labute approximate surface area is 156 Å². The van der Waals surface area contributed by atoms with Crippen LogP contribution in [0, 0.1) is 18.8 Å². The Bertz CT molecular complexity index is 703. The standard InChI is InChI=1S/C22H30N2O2/c1-17-4-9-22(26-17)19-7-5-18(6-8-19)12-24-14-20(21(15-24)16-25)13-23-10-2-3-11-23/h4-9,20-21,25H,2-3,10-16H2,1H3/t20-,21-/m1/s1. The van der Waals surface area contributed by atoms with E-state index in [1.54, 1.807) is 0 Å². The molecule has 140 valence electrons. The third-order valence-electron chi connectivity index (χ3n) is 5.96. The van der Waals surface area contributed by atoms with Crippen molar-refractivity contribution in [2.45, 2.75) is 26.3 Å². The van der Waals surface area contributed by atoms with Crippen LogP contribution in [0.25, 0.3) is 11.3 Å². The Kier molecular flexibility index (Phi) is 5.44. The molecule has 1 aromatic heterocycles. The molecule has 0 radical (unpaired) electrons. The molecule has 4 heteroatoms. The highest BCUT2D eigenvalue weighted by molar-refractivity contribution is 5.57. The van der Waals surface area contributed by atoms with Gasteiger partial charge in [0.05, 0.1) is 0 Å². The highest BCUT2D eigenvalue weighted by Crippen LogP contribution is 2.28. The van der Waals surface area contributed by atoms with Gasteiger partial charge in [-0.3, -0.25) is 4.90 Å². The van der Waals surface area contributed by atoms with E-state index in [4.69, 9.17) is 4.42 Å². The number of rotatable bonds is 6. The lowest BCUT2D eigenvalue weighted by Crippen LogP contribution is -2.31. The molecule has 2 saturated heterocycles. The van der Waals surface area contributed by atoms with Crippen molar-refractivity contribution in [1.29, 1.82) is 0 Å². The maximum atomic E-state index is 9.80. The van der Waals surface area contributed by atoms with Crippen LogP contribution in [-0.2, 0) is 6.54 Å². The van der Waals surface area contributed by atoms with Gasteiger partial charge in [0.2, 0.25) is 0 Å². The number of benzene rings is 1. The summed E-state index contributed by atoms with van der Waals surface area (Å²) in [7, 11) is 0. The molecule has 2 aromatic rings. The fourth-order valence-electron chi connectivity index (χ4n) is 4.50. The van der Waals surface area contributed by atoms with Crippen LogP contribution in [0.1, 0.15) is 24.2 Å². The van der Waals surface area contributed by atoms with Gasteiger partial charge in [0.25, 0.3) is 0 Å². The summed E-state index contributed by atoms with van der Waals surface area (Å²) in [5.41, 5.74) is 2.46. The molecule has 0 amide bonds. The molecule has 2 fully saturated rings. The largest absolute Gasteiger partial charge is 0.461 e. The summed E-state index contributed by atoms with van der Waals surface area (Å²) in [6.45, 7) is 8.98. The molecule has 26 heavy (non-hydrogen) atoms. The fraction of sp³-hybridized carbons (Fsp3) is 0.545. The molecule has 0 unspecified atom stereocenters. The summed E-state index contributed by atoms with van der Waals surface area (Å²) in [5, 5.41) is 9.80. The topological polar surface area (TPSA) is 39.9 Å². The zero-order valence-corrected chi connectivity index (χ0v) is 15.7. The lowest BCUT2D eigenvalue weighted by molar-refractivity contribution is 0.175. The highest BCUT2D eigenvalue weighted by Gasteiger charge is 2.33. The first-order chi connectivity index (χ1) is 12.7. The van der Waals surface area contributed by atoms with Crippen LogP contribution in [-0.4, -0.2) is 54.2 Å². The van der Waals surface area contributed by atoms with Gasteiger partial charge in [0, 0.05) is 38.3 Å². The van der Waals surface area contributed by atoms with Gasteiger partial charge >= 0.3 is 0 Å². The average molecular weight is 354 g/mol. The van der Waals surface area contributed by atoms with Crippen molar-refractivity contribution in [2.24, 2.45) is 11.8 Å². The third-order valence-corrected chi connectivity index (χ3v) is 5.96. The van der Waals surface area contributed by atoms with Gasteiger partial charge < -0.3 is 14.4 Å². The first-order valence-electron chi connectivity index (χ1n) is 9.92. The number of likely N-dealkylation sites (tertiary alicyclic amines) is 2. The quantitative estimate of drug-likeness (QED) is 0.863. The van der Waals surface area contributed by atoms with E-state index in [1.165, 1.54) is 31.5 Å². The second-order valence-corrected chi connectivity index (χ2v) is 8.01. The number of aliphatic hydroxyl groups excluding tert-OH is 1. The number of furan rings is 1. The molecule has 2 aliphatic heterocycles. The maximum absolute atomic E-state index is 9.80. The normalized spacial score (nSPS) is 24.5. The van der Waals surface area contributed by atoms with E-state index in [0.717, 1.165) is 43.3 Å². The average Bonchev–Trinajstić information content (AvgIpc) is 3.38. The van der Waals surface area contributed by atoms with Crippen LogP contribution < -0.4 is 0 Å². The molecule has 0 saturated carbocycles. The predicted molar refractivity (Wildman–Crippen MR) is 104 cm³/mol. The van der Waals surface area contributed by atoms with Crippen LogP contribution in [0.3, 0.4) is 0 Å². The molecule has 2 atom stereocenters. The Hall–Kier alpha value is -1.62. The Balaban J connectivity index is 1.36. The maximum Gasteiger partial charge on any atom is 0.134 e. The van der Waals surface area contributed by atoms with Crippen molar-refractivity contribution in [3.8, 4) is 11.3 Å². The Morgan fingerprint density at radius 2 is 1.69 bits per heavy atom.